The van der Waals surface area contributed by atoms with Crippen LogP contribution in [0.5, 0.6) is 5.75 Å². The Morgan fingerprint density at radius 3 is 2.80 bits per heavy atom. The van der Waals surface area contributed by atoms with E-state index in [1.807, 2.05) is 18.2 Å². The van der Waals surface area contributed by atoms with E-state index in [2.05, 4.69) is 39.5 Å². The molecule has 25 heavy (non-hydrogen) atoms. The molecule has 1 saturated heterocycles. The van der Waals surface area contributed by atoms with Gasteiger partial charge in [0.05, 0.1) is 19.3 Å². The number of hydrogen-bond donors (Lipinski definition) is 2. The van der Waals surface area contributed by atoms with Crippen LogP contribution >= 0.6 is 24.0 Å². The fourth-order valence-corrected chi connectivity index (χ4v) is 3.06. The number of aromatic amines is 1. The Morgan fingerprint density at radius 1 is 1.36 bits per heavy atom. The summed E-state index contributed by atoms with van der Waals surface area (Å²) in [6, 6.07) is 10.4. The first-order chi connectivity index (χ1) is 11.8. The molecule has 1 unspecified atom stereocenters. The monoisotopic (exact) mass is 455 g/mol. The number of benzene rings is 1. The van der Waals surface area contributed by atoms with Crippen LogP contribution in [0.4, 0.5) is 0 Å². The third-order valence-electron chi connectivity index (χ3n) is 4.37. The van der Waals surface area contributed by atoms with Crippen LogP contribution in [0, 0.1) is 0 Å². The molecule has 3 rings (SSSR count). The third-order valence-corrected chi connectivity index (χ3v) is 4.37. The molecular formula is C18H26IN5O. The predicted octanol–water partition coefficient (Wildman–Crippen LogP) is 2.99. The minimum Gasteiger partial charge on any atom is -0.497 e. The van der Waals surface area contributed by atoms with Gasteiger partial charge in [0, 0.05) is 31.7 Å². The van der Waals surface area contributed by atoms with Gasteiger partial charge in [-0.25, -0.2) is 4.99 Å². The fraction of sp³-hybridized carbons (Fsp3) is 0.444. The molecular weight excluding hydrogens is 429 g/mol. The van der Waals surface area contributed by atoms with Gasteiger partial charge in [-0.1, -0.05) is 12.1 Å². The first-order valence-electron chi connectivity index (χ1n) is 8.45. The van der Waals surface area contributed by atoms with E-state index in [0.29, 0.717) is 12.5 Å². The number of nitrogens with one attached hydrogen (secondary N) is 2. The number of nitrogens with zero attached hydrogens (tertiary/aromatic N) is 3. The van der Waals surface area contributed by atoms with Gasteiger partial charge in [-0.3, -0.25) is 5.10 Å². The van der Waals surface area contributed by atoms with Gasteiger partial charge in [0.1, 0.15) is 5.75 Å². The SMILES string of the molecule is CCNC(=NCc1ccn[nH]1)N1CCC(c2ccc(OC)cc2)C1.I. The van der Waals surface area contributed by atoms with Gasteiger partial charge >= 0.3 is 0 Å². The zero-order valence-corrected chi connectivity index (χ0v) is 17.1. The molecule has 136 valence electrons. The van der Waals surface area contributed by atoms with Crippen molar-refractivity contribution in [2.45, 2.75) is 25.8 Å². The van der Waals surface area contributed by atoms with E-state index in [-0.39, 0.29) is 24.0 Å². The van der Waals surface area contributed by atoms with Gasteiger partial charge in [-0.15, -0.1) is 24.0 Å². The van der Waals surface area contributed by atoms with Gasteiger partial charge in [0.25, 0.3) is 0 Å². The van der Waals surface area contributed by atoms with Crippen molar-refractivity contribution in [2.75, 3.05) is 26.7 Å². The summed E-state index contributed by atoms with van der Waals surface area (Å²) < 4.78 is 5.24. The normalized spacial score (nSPS) is 17.3. The molecule has 0 saturated carbocycles. The summed E-state index contributed by atoms with van der Waals surface area (Å²) in [6.45, 7) is 5.59. The molecule has 1 aliphatic rings. The zero-order chi connectivity index (χ0) is 16.8. The summed E-state index contributed by atoms with van der Waals surface area (Å²) in [5.41, 5.74) is 2.39. The van der Waals surface area contributed by atoms with Crippen molar-refractivity contribution >= 4 is 29.9 Å². The quantitative estimate of drug-likeness (QED) is 0.414. The van der Waals surface area contributed by atoms with Gasteiger partial charge in [0.15, 0.2) is 5.96 Å². The fourth-order valence-electron chi connectivity index (χ4n) is 3.06. The van der Waals surface area contributed by atoms with Crippen LogP contribution in [0.3, 0.4) is 0 Å². The van der Waals surface area contributed by atoms with Gasteiger partial charge < -0.3 is 15.0 Å². The molecule has 1 atom stereocenters. The van der Waals surface area contributed by atoms with Crippen LogP contribution in [0.15, 0.2) is 41.5 Å². The second-order valence-electron chi connectivity index (χ2n) is 5.96. The highest BCUT2D eigenvalue weighted by molar-refractivity contribution is 14.0. The van der Waals surface area contributed by atoms with Gasteiger partial charge in [0.2, 0.25) is 0 Å². The number of halogens is 1. The summed E-state index contributed by atoms with van der Waals surface area (Å²) in [6.07, 6.45) is 2.90. The summed E-state index contributed by atoms with van der Waals surface area (Å²) in [7, 11) is 1.70. The van der Waals surface area contributed by atoms with Crippen LogP contribution in [0.1, 0.15) is 30.5 Å². The molecule has 0 bridgehead atoms. The van der Waals surface area contributed by atoms with E-state index < -0.39 is 0 Å². The Bertz CT molecular complexity index is 657. The maximum Gasteiger partial charge on any atom is 0.194 e. The average molecular weight is 455 g/mol. The Balaban J connectivity index is 0.00000225. The second kappa shape index (κ2) is 9.65. The Morgan fingerprint density at radius 2 is 2.16 bits per heavy atom. The lowest BCUT2D eigenvalue weighted by atomic mass is 9.98. The van der Waals surface area contributed by atoms with Crippen molar-refractivity contribution in [3.05, 3.63) is 47.8 Å². The second-order valence-corrected chi connectivity index (χ2v) is 5.96. The number of rotatable bonds is 5. The van der Waals surface area contributed by atoms with Crippen molar-refractivity contribution in [1.82, 2.24) is 20.4 Å². The molecule has 2 N–H and O–H groups in total. The molecule has 2 aromatic rings. The predicted molar refractivity (Wildman–Crippen MR) is 111 cm³/mol. The van der Waals surface area contributed by atoms with Crippen molar-refractivity contribution in [3.8, 4) is 5.75 Å². The number of likely N-dealkylation sites (tertiary alicyclic amines) is 1. The molecule has 1 aromatic carbocycles. The minimum atomic E-state index is 0. The van der Waals surface area contributed by atoms with E-state index in [1.165, 1.54) is 5.56 Å². The van der Waals surface area contributed by atoms with Crippen molar-refractivity contribution in [3.63, 3.8) is 0 Å². The van der Waals surface area contributed by atoms with E-state index in [9.17, 15) is 0 Å². The van der Waals surface area contributed by atoms with Crippen LogP contribution in [-0.4, -0.2) is 47.8 Å². The smallest absolute Gasteiger partial charge is 0.194 e. The molecule has 0 amide bonds. The number of hydrogen-bond acceptors (Lipinski definition) is 3. The first-order valence-corrected chi connectivity index (χ1v) is 8.45. The van der Waals surface area contributed by atoms with Crippen molar-refractivity contribution in [2.24, 2.45) is 4.99 Å². The number of aliphatic imine (C=N–C) groups is 1. The van der Waals surface area contributed by atoms with E-state index >= 15 is 0 Å². The number of methoxy groups -OCH3 is 1. The molecule has 0 radical (unpaired) electrons. The van der Waals surface area contributed by atoms with Crippen molar-refractivity contribution in [1.29, 1.82) is 0 Å². The lowest BCUT2D eigenvalue weighted by Crippen LogP contribution is -2.40. The van der Waals surface area contributed by atoms with E-state index in [0.717, 1.165) is 43.5 Å². The van der Waals surface area contributed by atoms with Crippen LogP contribution in [0.25, 0.3) is 0 Å². The number of aromatic nitrogens is 2. The highest BCUT2D eigenvalue weighted by Crippen LogP contribution is 2.28. The highest BCUT2D eigenvalue weighted by Gasteiger charge is 2.26. The zero-order valence-electron chi connectivity index (χ0n) is 14.7. The Labute approximate surface area is 166 Å². The van der Waals surface area contributed by atoms with Crippen molar-refractivity contribution < 1.29 is 4.74 Å². The summed E-state index contributed by atoms with van der Waals surface area (Å²) in [5.74, 6) is 2.41. The number of ether oxygens (including phenoxy) is 1. The molecule has 6 nitrogen and oxygen atoms in total. The Hall–Kier alpha value is -1.77. The molecule has 7 heteroatoms. The van der Waals surface area contributed by atoms with Crippen LogP contribution < -0.4 is 10.1 Å². The molecule has 1 fully saturated rings. The maximum absolute atomic E-state index is 5.24. The average Bonchev–Trinajstić information content (AvgIpc) is 3.30. The molecule has 1 aromatic heterocycles. The molecule has 2 heterocycles. The van der Waals surface area contributed by atoms with Crippen LogP contribution in [-0.2, 0) is 6.54 Å². The first kappa shape index (κ1) is 19.6. The summed E-state index contributed by atoms with van der Waals surface area (Å²) >= 11 is 0. The maximum atomic E-state index is 5.24. The van der Waals surface area contributed by atoms with E-state index in [4.69, 9.17) is 9.73 Å². The van der Waals surface area contributed by atoms with Gasteiger partial charge in [-0.2, -0.15) is 5.10 Å². The number of guanidine groups is 1. The molecule has 1 aliphatic heterocycles. The lowest BCUT2D eigenvalue weighted by molar-refractivity contribution is 0.414. The lowest BCUT2D eigenvalue weighted by Gasteiger charge is -2.21. The standard InChI is InChI=1S/C18H25N5O.HI/c1-3-19-18(20-12-16-8-10-21-22-16)23-11-9-15(13-23)14-4-6-17(24-2)7-5-14;/h4-8,10,15H,3,9,11-13H2,1-2H3,(H,19,20)(H,21,22);1H. The topological polar surface area (TPSA) is 65.5 Å². The minimum absolute atomic E-state index is 0. The highest BCUT2D eigenvalue weighted by atomic mass is 127. The summed E-state index contributed by atoms with van der Waals surface area (Å²) in [5, 5.41) is 10.3. The number of H-pyrrole nitrogens is 1. The Kier molecular flexibility index (Phi) is 7.54. The van der Waals surface area contributed by atoms with E-state index in [1.54, 1.807) is 13.3 Å². The molecule has 0 aliphatic carbocycles. The summed E-state index contributed by atoms with van der Waals surface area (Å²) in [4.78, 5) is 7.08. The third kappa shape index (κ3) is 5.10. The molecule has 0 spiro atoms. The largest absolute Gasteiger partial charge is 0.497 e. The van der Waals surface area contributed by atoms with Crippen LogP contribution in [0.2, 0.25) is 0 Å². The van der Waals surface area contributed by atoms with Gasteiger partial charge in [-0.05, 0) is 37.1 Å².